The maximum Gasteiger partial charge on any atom is 0.0412 e. The summed E-state index contributed by atoms with van der Waals surface area (Å²) in [5.74, 6) is 0. The van der Waals surface area contributed by atoms with Gasteiger partial charge in [0.25, 0.3) is 0 Å². The van der Waals surface area contributed by atoms with Crippen LogP contribution in [0.15, 0.2) is 140 Å². The Balaban J connectivity index is 1.53. The fourth-order valence-electron chi connectivity index (χ4n) is 5.57. The molecule has 7 aromatic rings. The van der Waals surface area contributed by atoms with E-state index >= 15 is 0 Å². The van der Waals surface area contributed by atoms with Gasteiger partial charge in [-0.3, -0.25) is 9.97 Å². The third-order valence-electron chi connectivity index (χ3n) is 7.32. The number of halogens is 1. The predicted octanol–water partition coefficient (Wildman–Crippen LogP) is 10.1. The molecule has 0 aliphatic rings. The molecule has 0 N–H and O–H groups in total. The molecule has 0 unspecified atom stereocenters. The summed E-state index contributed by atoms with van der Waals surface area (Å²) in [4.78, 5) is 8.38. The molecular weight excluding hydrogens is 496 g/mol. The van der Waals surface area contributed by atoms with Crippen LogP contribution < -0.4 is 0 Å². The molecule has 3 heteroatoms. The lowest BCUT2D eigenvalue weighted by Gasteiger charge is -2.19. The van der Waals surface area contributed by atoms with Gasteiger partial charge in [0.15, 0.2) is 0 Å². The van der Waals surface area contributed by atoms with Crippen molar-refractivity contribution in [2.45, 2.75) is 0 Å². The van der Waals surface area contributed by atoms with Gasteiger partial charge in [0, 0.05) is 29.8 Å². The molecule has 184 valence electrons. The van der Waals surface area contributed by atoms with E-state index in [0.717, 1.165) is 38.2 Å². The first kappa shape index (κ1) is 23.3. The fourth-order valence-corrected chi connectivity index (χ4v) is 5.74. The SMILES string of the molecule is Clc1ccc2c(-c3cccc(-c4ccncc4)c3)c3ccccc3c(-c3cccc(-c4ccncc4)c3)c2c1. The Morgan fingerprint density at radius 2 is 0.821 bits per heavy atom. The second-order valence-corrected chi connectivity index (χ2v) is 10.1. The van der Waals surface area contributed by atoms with Crippen LogP contribution in [-0.4, -0.2) is 9.97 Å². The molecule has 5 aromatic carbocycles. The van der Waals surface area contributed by atoms with Crippen LogP contribution in [0.2, 0.25) is 5.02 Å². The van der Waals surface area contributed by atoms with Crippen LogP contribution in [0.3, 0.4) is 0 Å². The van der Waals surface area contributed by atoms with E-state index in [9.17, 15) is 0 Å². The Morgan fingerprint density at radius 3 is 1.36 bits per heavy atom. The van der Waals surface area contributed by atoms with Crippen molar-refractivity contribution in [3.8, 4) is 44.5 Å². The van der Waals surface area contributed by atoms with Crippen molar-refractivity contribution in [1.29, 1.82) is 0 Å². The minimum Gasteiger partial charge on any atom is -0.265 e. The van der Waals surface area contributed by atoms with Crippen LogP contribution in [0.4, 0.5) is 0 Å². The summed E-state index contributed by atoms with van der Waals surface area (Å²) in [6.07, 6.45) is 7.34. The molecule has 0 atom stereocenters. The van der Waals surface area contributed by atoms with Crippen LogP contribution in [0.5, 0.6) is 0 Å². The average molecular weight is 519 g/mol. The Hall–Kier alpha value is -4.79. The van der Waals surface area contributed by atoms with E-state index in [2.05, 4.69) is 94.9 Å². The number of rotatable bonds is 4. The van der Waals surface area contributed by atoms with Gasteiger partial charge in [-0.15, -0.1) is 0 Å². The Labute approximate surface area is 232 Å². The van der Waals surface area contributed by atoms with E-state index in [4.69, 9.17) is 11.6 Å². The van der Waals surface area contributed by atoms with Gasteiger partial charge in [0.05, 0.1) is 0 Å². The van der Waals surface area contributed by atoms with E-state index in [1.165, 1.54) is 32.8 Å². The number of benzene rings is 5. The Morgan fingerprint density at radius 1 is 0.359 bits per heavy atom. The maximum atomic E-state index is 6.65. The average Bonchev–Trinajstić information content (AvgIpc) is 3.01. The van der Waals surface area contributed by atoms with E-state index < -0.39 is 0 Å². The number of hydrogen-bond acceptors (Lipinski definition) is 2. The van der Waals surface area contributed by atoms with Crippen LogP contribution in [0.1, 0.15) is 0 Å². The highest BCUT2D eigenvalue weighted by Crippen LogP contribution is 2.45. The van der Waals surface area contributed by atoms with Crippen LogP contribution in [0, 0.1) is 0 Å². The number of hydrogen-bond donors (Lipinski definition) is 0. The van der Waals surface area contributed by atoms with Gasteiger partial charge in [0.1, 0.15) is 0 Å². The number of fused-ring (bicyclic) bond motifs is 2. The van der Waals surface area contributed by atoms with Crippen molar-refractivity contribution in [3.05, 3.63) is 145 Å². The van der Waals surface area contributed by atoms with E-state index in [0.29, 0.717) is 0 Å². The molecule has 7 rings (SSSR count). The summed E-state index contributed by atoms with van der Waals surface area (Å²) >= 11 is 6.65. The van der Waals surface area contributed by atoms with Gasteiger partial charge < -0.3 is 0 Å². The number of nitrogens with zero attached hydrogens (tertiary/aromatic N) is 2. The molecule has 0 aliphatic heterocycles. The predicted molar refractivity (Wildman–Crippen MR) is 164 cm³/mol. The first-order valence-electron chi connectivity index (χ1n) is 12.9. The first-order valence-corrected chi connectivity index (χ1v) is 13.3. The normalized spacial score (nSPS) is 11.2. The van der Waals surface area contributed by atoms with Crippen molar-refractivity contribution >= 4 is 33.1 Å². The standard InChI is InChI=1S/C36H23ClN2/c37-30-11-12-33-34(23-30)36(29-8-4-6-27(22-29)25-15-19-39-20-16-25)32-10-2-1-9-31(32)35(33)28-7-3-5-26(21-28)24-13-17-38-18-14-24/h1-23H. The quantitative estimate of drug-likeness (QED) is 0.216. The summed E-state index contributed by atoms with van der Waals surface area (Å²) in [5, 5.41) is 5.44. The van der Waals surface area contributed by atoms with Gasteiger partial charge in [-0.1, -0.05) is 78.3 Å². The van der Waals surface area contributed by atoms with Crippen molar-refractivity contribution < 1.29 is 0 Å². The summed E-state index contributed by atoms with van der Waals surface area (Å²) < 4.78 is 0. The fraction of sp³-hybridized carbons (Fsp3) is 0. The summed E-state index contributed by atoms with van der Waals surface area (Å²) in [6.45, 7) is 0. The summed E-state index contributed by atoms with van der Waals surface area (Å²) in [6, 6.07) is 40.6. The molecule has 0 saturated carbocycles. The van der Waals surface area contributed by atoms with Gasteiger partial charge in [-0.05, 0) is 115 Å². The topological polar surface area (TPSA) is 25.8 Å². The molecule has 39 heavy (non-hydrogen) atoms. The minimum atomic E-state index is 0.723. The molecule has 0 bridgehead atoms. The highest BCUT2D eigenvalue weighted by molar-refractivity contribution is 6.32. The molecule has 0 amide bonds. The highest BCUT2D eigenvalue weighted by atomic mass is 35.5. The zero-order chi connectivity index (χ0) is 26.2. The molecule has 2 heterocycles. The maximum absolute atomic E-state index is 6.65. The van der Waals surface area contributed by atoms with Crippen molar-refractivity contribution in [2.75, 3.05) is 0 Å². The lowest BCUT2D eigenvalue weighted by molar-refractivity contribution is 1.33. The largest absolute Gasteiger partial charge is 0.265 e. The molecule has 0 saturated heterocycles. The van der Waals surface area contributed by atoms with Gasteiger partial charge in [-0.2, -0.15) is 0 Å². The monoisotopic (exact) mass is 518 g/mol. The van der Waals surface area contributed by atoms with Crippen molar-refractivity contribution in [1.82, 2.24) is 9.97 Å². The lowest BCUT2D eigenvalue weighted by Crippen LogP contribution is -1.92. The molecule has 0 aliphatic carbocycles. The Bertz CT molecular complexity index is 1960. The van der Waals surface area contributed by atoms with Gasteiger partial charge >= 0.3 is 0 Å². The third kappa shape index (κ3) is 4.25. The van der Waals surface area contributed by atoms with E-state index in [1.54, 1.807) is 0 Å². The van der Waals surface area contributed by atoms with E-state index in [1.807, 2.05) is 55.1 Å². The van der Waals surface area contributed by atoms with Gasteiger partial charge in [-0.25, -0.2) is 0 Å². The van der Waals surface area contributed by atoms with Crippen molar-refractivity contribution in [2.24, 2.45) is 0 Å². The summed E-state index contributed by atoms with van der Waals surface area (Å²) in [7, 11) is 0. The second-order valence-electron chi connectivity index (χ2n) is 9.62. The Kier molecular flexibility index (Phi) is 5.88. The molecule has 0 radical (unpaired) electrons. The lowest BCUT2D eigenvalue weighted by atomic mass is 9.85. The van der Waals surface area contributed by atoms with Crippen molar-refractivity contribution in [3.63, 3.8) is 0 Å². The molecule has 2 nitrogen and oxygen atoms in total. The third-order valence-corrected chi connectivity index (χ3v) is 7.55. The smallest absolute Gasteiger partial charge is 0.0412 e. The highest BCUT2D eigenvalue weighted by Gasteiger charge is 2.18. The summed E-state index contributed by atoms with van der Waals surface area (Å²) in [5.41, 5.74) is 9.33. The first-order chi connectivity index (χ1) is 19.3. The minimum absolute atomic E-state index is 0.723. The molecular formula is C36H23ClN2. The zero-order valence-electron chi connectivity index (χ0n) is 21.1. The molecule has 0 fully saturated rings. The number of aromatic nitrogens is 2. The van der Waals surface area contributed by atoms with Crippen LogP contribution >= 0.6 is 11.6 Å². The van der Waals surface area contributed by atoms with Crippen LogP contribution in [0.25, 0.3) is 66.1 Å². The zero-order valence-corrected chi connectivity index (χ0v) is 21.8. The second kappa shape index (κ2) is 9.83. The molecule has 0 spiro atoms. The van der Waals surface area contributed by atoms with E-state index in [-0.39, 0.29) is 0 Å². The van der Waals surface area contributed by atoms with Gasteiger partial charge in [0.2, 0.25) is 0 Å². The number of pyridine rings is 2. The molecule has 2 aromatic heterocycles. The van der Waals surface area contributed by atoms with Crippen LogP contribution in [-0.2, 0) is 0 Å².